The van der Waals surface area contributed by atoms with Gasteiger partial charge in [0, 0.05) is 72.2 Å². The lowest BCUT2D eigenvalue weighted by Crippen LogP contribution is -2.26. The van der Waals surface area contributed by atoms with Gasteiger partial charge in [-0.15, -0.1) is 0 Å². The first kappa shape index (κ1) is 66.7. The SMILES string of the molecule is CC1(C)c2ccccc2-c2ccc(N(c3ccc(-c4ccccc4)cc3)c3ccc4c(c3)C3(c5ccccc5-c5ccccc53)c3ccccc3-4)cc21.c1ccc2c(c1)-c1ccccc1C21c2ccccc2-c2ccc(N(c3ccc(-c4cccc5c4oc4ccccc45)cc3)c3ccc(-c4cccc5c4oc4ccccc45)cc3)cc21. The molecule has 0 radical (unpaired) electrons. The summed E-state index contributed by atoms with van der Waals surface area (Å²) in [5, 5.41) is 4.51. The molecule has 25 rings (SSSR count). The van der Waals surface area contributed by atoms with Gasteiger partial charge in [-0.25, -0.2) is 0 Å². The van der Waals surface area contributed by atoms with Gasteiger partial charge in [0.05, 0.1) is 10.8 Å². The van der Waals surface area contributed by atoms with Crippen molar-refractivity contribution in [2.24, 2.45) is 0 Å². The molecule has 0 atom stereocenters. The normalized spacial score (nSPS) is 13.8. The Balaban J connectivity index is 0.000000136. The van der Waals surface area contributed by atoms with Crippen molar-refractivity contribution in [1.82, 2.24) is 0 Å². The standard InChI is InChI=1S/C61H37NO2.C52H37N/c1-6-22-53-45(13-1)46-14-2-7-23-54(46)61(53)55-24-8-3-15-47(55)48-36-35-42(37-56(48)61)62(40-31-27-38(28-32-40)43-18-11-20-51-49-16-4-9-25-57(49)63-59(43)51)41-33-29-39(30-34-41)44-19-12-21-52-50-17-5-10-26-58(50)64-60(44)52;1-51(2)45-20-10-6-16-39(45)43-30-28-37(32-49(43)51)53(36-26-24-35(25-27-36)34-14-4-3-5-15-34)38-29-31-44-42-19-9-13-23-48(42)52(50(44)33-38)46-21-11-7-17-40(46)41-18-8-12-22-47(41)52/h1-37H;3-33H,1-2H3. The van der Waals surface area contributed by atoms with Crippen LogP contribution in [0.15, 0.2) is 421 Å². The van der Waals surface area contributed by atoms with E-state index in [1.165, 1.54) is 122 Å². The molecule has 2 aromatic heterocycles. The van der Waals surface area contributed by atoms with Crippen molar-refractivity contribution < 1.29 is 8.83 Å². The molecule has 0 saturated heterocycles. The van der Waals surface area contributed by atoms with E-state index in [-0.39, 0.29) is 5.41 Å². The van der Waals surface area contributed by atoms with Gasteiger partial charge in [0.1, 0.15) is 22.3 Å². The summed E-state index contributed by atoms with van der Waals surface area (Å²) in [5.41, 5.74) is 42.7. The van der Waals surface area contributed by atoms with Crippen LogP contribution in [0.5, 0.6) is 0 Å². The quantitative estimate of drug-likeness (QED) is 0.144. The fourth-order valence-electron chi connectivity index (χ4n) is 21.1. The molecule has 4 heteroatoms. The summed E-state index contributed by atoms with van der Waals surface area (Å²) in [6, 6.07) is 152. The summed E-state index contributed by atoms with van der Waals surface area (Å²) >= 11 is 0. The summed E-state index contributed by atoms with van der Waals surface area (Å²) in [6.45, 7) is 4.73. The second-order valence-electron chi connectivity index (χ2n) is 32.4. The van der Waals surface area contributed by atoms with Crippen LogP contribution in [-0.4, -0.2) is 0 Å². The van der Waals surface area contributed by atoms with Crippen LogP contribution in [0.25, 0.3) is 133 Å². The van der Waals surface area contributed by atoms with Gasteiger partial charge in [0.2, 0.25) is 0 Å². The van der Waals surface area contributed by atoms with Crippen LogP contribution < -0.4 is 9.80 Å². The summed E-state index contributed by atoms with van der Waals surface area (Å²) in [5.74, 6) is 0. The fraction of sp³-hybridized carbons (Fsp3) is 0.0442. The van der Waals surface area contributed by atoms with Crippen molar-refractivity contribution in [3.63, 3.8) is 0 Å². The lowest BCUT2D eigenvalue weighted by Gasteiger charge is -2.32. The molecular formula is C113H74N2O2. The molecule has 18 aromatic carbocycles. The van der Waals surface area contributed by atoms with Crippen LogP contribution in [0.3, 0.4) is 0 Å². The molecule has 20 aromatic rings. The third kappa shape index (κ3) is 9.64. The molecule has 0 N–H and O–H groups in total. The van der Waals surface area contributed by atoms with Gasteiger partial charge in [-0.3, -0.25) is 0 Å². The predicted molar refractivity (Wildman–Crippen MR) is 483 cm³/mol. The molecule has 0 amide bonds. The molecule has 0 bridgehead atoms. The average Bonchev–Trinajstić information content (AvgIpc) is 1.51. The lowest BCUT2D eigenvalue weighted by atomic mass is 9.70. The molecule has 0 fully saturated rings. The van der Waals surface area contributed by atoms with E-state index >= 15 is 0 Å². The summed E-state index contributed by atoms with van der Waals surface area (Å²) in [4.78, 5) is 4.87. The zero-order chi connectivity index (χ0) is 77.2. The Bertz CT molecular complexity index is 7200. The van der Waals surface area contributed by atoms with Crippen LogP contribution in [0.4, 0.5) is 34.1 Å². The molecular weight excluding hydrogens is 1420 g/mol. The first-order valence-electron chi connectivity index (χ1n) is 40.7. The van der Waals surface area contributed by atoms with E-state index in [0.29, 0.717) is 0 Å². The predicted octanol–water partition coefficient (Wildman–Crippen LogP) is 30.1. The van der Waals surface area contributed by atoms with E-state index in [1.807, 2.05) is 24.3 Å². The first-order chi connectivity index (χ1) is 57.8. The summed E-state index contributed by atoms with van der Waals surface area (Å²) in [6.07, 6.45) is 0. The molecule has 5 aliphatic carbocycles. The van der Waals surface area contributed by atoms with Crippen LogP contribution in [0.2, 0.25) is 0 Å². The van der Waals surface area contributed by atoms with Gasteiger partial charge in [0.15, 0.2) is 0 Å². The first-order valence-corrected chi connectivity index (χ1v) is 40.7. The maximum absolute atomic E-state index is 6.49. The van der Waals surface area contributed by atoms with Gasteiger partial charge in [0.25, 0.3) is 0 Å². The molecule has 2 spiro atoms. The van der Waals surface area contributed by atoms with Crippen molar-refractivity contribution in [3.8, 4) is 89.0 Å². The number of benzene rings is 18. The van der Waals surface area contributed by atoms with E-state index in [2.05, 4.69) is 412 Å². The summed E-state index contributed by atoms with van der Waals surface area (Å²) < 4.78 is 13.0. The number of hydrogen-bond acceptors (Lipinski definition) is 4. The molecule has 117 heavy (non-hydrogen) atoms. The molecule has 4 nitrogen and oxygen atoms in total. The smallest absolute Gasteiger partial charge is 0.143 e. The van der Waals surface area contributed by atoms with Gasteiger partial charge >= 0.3 is 0 Å². The topological polar surface area (TPSA) is 32.8 Å². The zero-order valence-corrected chi connectivity index (χ0v) is 64.5. The second-order valence-corrected chi connectivity index (χ2v) is 32.4. The van der Waals surface area contributed by atoms with E-state index in [0.717, 1.165) is 100 Å². The minimum atomic E-state index is -0.453. The number of nitrogens with zero attached hydrogens (tertiary/aromatic N) is 2. The van der Waals surface area contributed by atoms with E-state index in [4.69, 9.17) is 8.83 Å². The van der Waals surface area contributed by atoms with Crippen LogP contribution in [0.1, 0.15) is 69.5 Å². The van der Waals surface area contributed by atoms with Gasteiger partial charge in [-0.1, -0.05) is 341 Å². The third-order valence-electron chi connectivity index (χ3n) is 26.2. The minimum absolute atomic E-state index is 0.105. The van der Waals surface area contributed by atoms with Crippen molar-refractivity contribution >= 4 is 78.0 Å². The minimum Gasteiger partial charge on any atom is -0.455 e. The van der Waals surface area contributed by atoms with Crippen molar-refractivity contribution in [3.05, 3.63) is 468 Å². The fourth-order valence-corrected chi connectivity index (χ4v) is 21.1. The Hall–Kier alpha value is -14.8. The highest BCUT2D eigenvalue weighted by Gasteiger charge is 2.54. The number of furan rings is 2. The van der Waals surface area contributed by atoms with E-state index in [1.54, 1.807) is 0 Å². The summed E-state index contributed by atoms with van der Waals surface area (Å²) in [7, 11) is 0. The van der Waals surface area contributed by atoms with Crippen LogP contribution >= 0.6 is 0 Å². The maximum Gasteiger partial charge on any atom is 0.143 e. The molecule has 2 heterocycles. The zero-order valence-electron chi connectivity index (χ0n) is 64.5. The van der Waals surface area contributed by atoms with Gasteiger partial charge in [-0.2, -0.15) is 0 Å². The Morgan fingerprint density at radius 1 is 0.179 bits per heavy atom. The molecule has 0 aliphatic heterocycles. The Kier molecular flexibility index (Phi) is 14.6. The largest absolute Gasteiger partial charge is 0.455 e. The highest BCUT2D eigenvalue weighted by Crippen LogP contribution is 2.66. The molecule has 548 valence electrons. The van der Waals surface area contributed by atoms with Crippen molar-refractivity contribution in [1.29, 1.82) is 0 Å². The average molecular weight is 1490 g/mol. The van der Waals surface area contributed by atoms with Gasteiger partial charge in [-0.05, 0) is 218 Å². The Morgan fingerprint density at radius 2 is 0.436 bits per heavy atom. The molecule has 5 aliphatic rings. The van der Waals surface area contributed by atoms with E-state index in [9.17, 15) is 0 Å². The highest BCUT2D eigenvalue weighted by molar-refractivity contribution is 6.11. The third-order valence-corrected chi connectivity index (χ3v) is 26.2. The monoisotopic (exact) mass is 1490 g/mol. The number of rotatable bonds is 9. The maximum atomic E-state index is 6.49. The molecule has 0 unspecified atom stereocenters. The van der Waals surface area contributed by atoms with Gasteiger partial charge < -0.3 is 18.6 Å². The lowest BCUT2D eigenvalue weighted by molar-refractivity contribution is 0.660. The van der Waals surface area contributed by atoms with Crippen LogP contribution in [0, 0.1) is 0 Å². The Labute approximate surface area is 679 Å². The van der Waals surface area contributed by atoms with Crippen molar-refractivity contribution in [2.75, 3.05) is 9.80 Å². The van der Waals surface area contributed by atoms with Crippen LogP contribution in [-0.2, 0) is 16.2 Å². The number of para-hydroxylation sites is 4. The number of fused-ring (bicyclic) bond motifs is 29. The highest BCUT2D eigenvalue weighted by atomic mass is 16.3. The Morgan fingerprint density at radius 3 is 0.821 bits per heavy atom. The number of anilines is 6. The second kappa shape index (κ2) is 25.6. The number of hydrogen-bond donors (Lipinski definition) is 0. The van der Waals surface area contributed by atoms with Crippen molar-refractivity contribution in [2.45, 2.75) is 30.1 Å². The molecule has 0 saturated carbocycles. The van der Waals surface area contributed by atoms with E-state index < -0.39 is 10.8 Å².